The molecule has 1 amide bonds. The first-order valence-electron chi connectivity index (χ1n) is 23.7. The monoisotopic (exact) mass is 866 g/mol. The van der Waals surface area contributed by atoms with Gasteiger partial charge in [-0.25, -0.2) is 0 Å². The standard InChI is InChI=1S/C51H79NO10/c1-31-15-11-10-12-16-32(2)45(60-8)30-40-22-18-33(3)49(62-40)48(58)51(59)52-24-14-13-17-41(52)44(55)29-39(20-19-38-21-23-42(53)35(5)27-38)28-43(54)34(4)26-37(7)47(57)50(61-9)46(56)36(6)25-31/h10-12,15-16,26,31,33-36,38-42,45,47,49-50,53,57H,13-14,17-25,27-30H2,1-9H3/b12-10+,15-11+,32-16+,37-26+/t31-,33-,34-,35-,36-,38-,39-,40+,41+,42-,45+,47-,49?,50+/m1/s1. The van der Waals surface area contributed by atoms with Crippen LogP contribution < -0.4 is 0 Å². The van der Waals surface area contributed by atoms with E-state index in [2.05, 4.69) is 6.92 Å². The maximum Gasteiger partial charge on any atom is 0.293 e. The van der Waals surface area contributed by atoms with Crippen LogP contribution in [-0.2, 0) is 38.2 Å². The SMILES string of the molecule is CO[C@H]1C[C@@H]2CC[C@@H](C)C(O2)C(=O)C(=O)N2CCCC[C@H]2C(=O)C[C@H](CC[C@@H]2CC[C@@H](O)[C@H](C)C2)CC(=O)[C@H](C)/C=C(\C)[C@@H](O)[C@@H](OC)C(=O)[C@H](C)C[C@H](C)/C=C/C=C/C=C/1C. The van der Waals surface area contributed by atoms with Gasteiger partial charge in [0, 0.05) is 51.9 Å². The number of fused-ring (bicyclic) bond motifs is 3. The number of methoxy groups -OCH3 is 2. The molecule has 62 heavy (non-hydrogen) atoms. The predicted molar refractivity (Wildman–Crippen MR) is 241 cm³/mol. The number of allylic oxidation sites excluding steroid dienone is 6. The zero-order chi connectivity index (χ0) is 45.7. The third kappa shape index (κ3) is 14.5. The number of Topliss-reactive ketones (excluding diaryl/α,β-unsaturated/α-hetero) is 4. The first-order chi connectivity index (χ1) is 29.4. The zero-order valence-electron chi connectivity index (χ0n) is 39.3. The van der Waals surface area contributed by atoms with E-state index in [0.29, 0.717) is 50.1 Å². The lowest BCUT2D eigenvalue weighted by atomic mass is 9.76. The Hall–Kier alpha value is -3.09. The molecule has 1 saturated carbocycles. The number of nitrogens with zero attached hydrogens (tertiary/aromatic N) is 1. The average Bonchev–Trinajstić information content (AvgIpc) is 3.25. The summed E-state index contributed by atoms with van der Waals surface area (Å²) in [5.74, 6) is -2.54. The van der Waals surface area contributed by atoms with Crippen molar-refractivity contribution in [3.8, 4) is 0 Å². The van der Waals surface area contributed by atoms with Gasteiger partial charge in [0.2, 0.25) is 5.78 Å². The summed E-state index contributed by atoms with van der Waals surface area (Å²) >= 11 is 0. The molecule has 14 atom stereocenters. The Kier molecular flexibility index (Phi) is 20.6. The highest BCUT2D eigenvalue weighted by molar-refractivity contribution is 6.38. The molecule has 3 fully saturated rings. The second-order valence-electron chi connectivity index (χ2n) is 19.6. The van der Waals surface area contributed by atoms with Crippen molar-refractivity contribution in [1.82, 2.24) is 4.90 Å². The van der Waals surface area contributed by atoms with Crippen molar-refractivity contribution >= 4 is 29.0 Å². The van der Waals surface area contributed by atoms with Gasteiger partial charge in [0.05, 0.1) is 24.4 Å². The highest BCUT2D eigenvalue weighted by atomic mass is 16.5. The van der Waals surface area contributed by atoms with Crippen LogP contribution in [0.1, 0.15) is 138 Å². The second-order valence-corrected chi connectivity index (χ2v) is 19.6. The first-order valence-corrected chi connectivity index (χ1v) is 23.7. The van der Waals surface area contributed by atoms with Gasteiger partial charge in [0.1, 0.15) is 24.1 Å². The molecule has 0 aromatic rings. The van der Waals surface area contributed by atoms with Gasteiger partial charge >= 0.3 is 0 Å². The molecule has 0 aromatic heterocycles. The lowest BCUT2D eigenvalue weighted by Crippen LogP contribution is -2.54. The summed E-state index contributed by atoms with van der Waals surface area (Å²) < 4.78 is 17.9. The largest absolute Gasteiger partial charge is 0.393 e. The van der Waals surface area contributed by atoms with E-state index in [1.54, 1.807) is 27.0 Å². The van der Waals surface area contributed by atoms with Crippen LogP contribution in [0.25, 0.3) is 0 Å². The molecule has 0 aromatic carbocycles. The smallest absolute Gasteiger partial charge is 0.293 e. The first kappa shape index (κ1) is 51.5. The average molecular weight is 866 g/mol. The number of ketones is 4. The molecule has 4 rings (SSSR count). The Bertz CT molecular complexity index is 1650. The van der Waals surface area contributed by atoms with Gasteiger partial charge in [-0.1, -0.05) is 77.5 Å². The predicted octanol–water partition coefficient (Wildman–Crippen LogP) is 7.90. The molecular formula is C51H79NO10. The lowest BCUT2D eigenvalue weighted by Gasteiger charge is -2.38. The van der Waals surface area contributed by atoms with Crippen molar-refractivity contribution in [3.63, 3.8) is 0 Å². The summed E-state index contributed by atoms with van der Waals surface area (Å²) in [7, 11) is 3.06. The summed E-state index contributed by atoms with van der Waals surface area (Å²) in [6.07, 6.45) is 16.0. The quantitative estimate of drug-likeness (QED) is 0.206. The number of carbonyl (C=O) groups excluding carboxylic acids is 5. The number of carbonyl (C=O) groups is 5. The minimum absolute atomic E-state index is 0.0671. The molecule has 3 heterocycles. The summed E-state index contributed by atoms with van der Waals surface area (Å²) in [5.41, 5.74) is 1.45. The third-order valence-corrected chi connectivity index (χ3v) is 14.4. The van der Waals surface area contributed by atoms with E-state index in [9.17, 15) is 34.2 Å². The Morgan fingerprint density at radius 1 is 0.742 bits per heavy atom. The van der Waals surface area contributed by atoms with Crippen molar-refractivity contribution in [3.05, 3.63) is 47.6 Å². The third-order valence-electron chi connectivity index (χ3n) is 14.4. The van der Waals surface area contributed by atoms with E-state index in [4.69, 9.17) is 14.2 Å². The highest BCUT2D eigenvalue weighted by Crippen LogP contribution is 2.36. The highest BCUT2D eigenvalue weighted by Gasteiger charge is 2.43. The Morgan fingerprint density at radius 3 is 2.15 bits per heavy atom. The minimum Gasteiger partial charge on any atom is -0.393 e. The van der Waals surface area contributed by atoms with Crippen LogP contribution in [0.5, 0.6) is 0 Å². The molecule has 2 saturated heterocycles. The molecule has 2 N–H and O–H groups in total. The molecule has 348 valence electrons. The number of aliphatic hydroxyl groups is 2. The van der Waals surface area contributed by atoms with Gasteiger partial charge in [-0.3, -0.25) is 24.0 Å². The van der Waals surface area contributed by atoms with Gasteiger partial charge in [0.25, 0.3) is 5.91 Å². The lowest BCUT2D eigenvalue weighted by molar-refractivity contribution is -0.163. The van der Waals surface area contributed by atoms with Crippen LogP contribution in [0, 0.1) is 41.4 Å². The van der Waals surface area contributed by atoms with Gasteiger partial charge in [-0.2, -0.15) is 0 Å². The van der Waals surface area contributed by atoms with E-state index < -0.39 is 47.9 Å². The van der Waals surface area contributed by atoms with Crippen LogP contribution in [0.15, 0.2) is 47.6 Å². The number of rotatable bonds is 5. The van der Waals surface area contributed by atoms with Crippen LogP contribution in [0.4, 0.5) is 0 Å². The molecule has 11 nitrogen and oxygen atoms in total. The molecule has 4 aliphatic rings. The fourth-order valence-electron chi connectivity index (χ4n) is 10.3. The van der Waals surface area contributed by atoms with E-state index in [-0.39, 0.29) is 72.2 Å². The van der Waals surface area contributed by atoms with Crippen molar-refractivity contribution < 1.29 is 48.4 Å². The maximum atomic E-state index is 14.4. The Balaban J connectivity index is 1.65. The van der Waals surface area contributed by atoms with Crippen molar-refractivity contribution in [2.75, 3.05) is 20.8 Å². The van der Waals surface area contributed by atoms with Gasteiger partial charge in [0.15, 0.2) is 11.6 Å². The Morgan fingerprint density at radius 2 is 1.45 bits per heavy atom. The Labute approximate surface area is 372 Å². The van der Waals surface area contributed by atoms with Crippen molar-refractivity contribution in [1.29, 1.82) is 0 Å². The van der Waals surface area contributed by atoms with E-state index >= 15 is 0 Å². The van der Waals surface area contributed by atoms with Gasteiger partial charge in [-0.05, 0) is 119 Å². The van der Waals surface area contributed by atoms with Crippen molar-refractivity contribution in [2.24, 2.45) is 41.4 Å². The van der Waals surface area contributed by atoms with Crippen LogP contribution in [0.3, 0.4) is 0 Å². The number of aliphatic hydroxyl groups excluding tert-OH is 2. The molecule has 3 aliphatic heterocycles. The van der Waals surface area contributed by atoms with Gasteiger partial charge < -0.3 is 29.3 Å². The van der Waals surface area contributed by atoms with Crippen LogP contribution in [0.2, 0.25) is 0 Å². The number of piperidine rings is 1. The molecule has 2 bridgehead atoms. The fourth-order valence-corrected chi connectivity index (χ4v) is 10.3. The zero-order valence-corrected chi connectivity index (χ0v) is 39.3. The summed E-state index contributed by atoms with van der Waals surface area (Å²) in [6.45, 7) is 13.7. The number of hydrogen-bond donors (Lipinski definition) is 2. The van der Waals surface area contributed by atoms with Crippen LogP contribution >= 0.6 is 0 Å². The molecule has 1 aliphatic carbocycles. The van der Waals surface area contributed by atoms with E-state index in [1.165, 1.54) is 12.0 Å². The molecule has 0 spiro atoms. The summed E-state index contributed by atoms with van der Waals surface area (Å²) in [6, 6.07) is -0.759. The van der Waals surface area contributed by atoms with Crippen LogP contribution in [-0.4, -0.2) is 108 Å². The molecular weight excluding hydrogens is 787 g/mol. The second kappa shape index (κ2) is 24.8. The van der Waals surface area contributed by atoms with Crippen molar-refractivity contribution in [2.45, 2.75) is 181 Å². The number of ether oxygens (including phenoxy) is 3. The van der Waals surface area contributed by atoms with Gasteiger partial charge in [-0.15, -0.1) is 0 Å². The van der Waals surface area contributed by atoms with E-state index in [0.717, 1.165) is 50.5 Å². The molecule has 11 heteroatoms. The number of amides is 1. The topological polar surface area (TPSA) is 157 Å². The maximum absolute atomic E-state index is 14.4. The molecule has 0 radical (unpaired) electrons. The number of hydrogen-bond acceptors (Lipinski definition) is 10. The fraction of sp³-hybridized carbons (Fsp3) is 0.745. The van der Waals surface area contributed by atoms with E-state index in [1.807, 2.05) is 58.1 Å². The molecule has 1 unspecified atom stereocenters. The summed E-state index contributed by atoms with van der Waals surface area (Å²) in [4.78, 5) is 71.8. The normalized spacial score (nSPS) is 40.2. The minimum atomic E-state index is -1.24. The summed E-state index contributed by atoms with van der Waals surface area (Å²) in [5, 5.41) is 21.8.